The first-order chi connectivity index (χ1) is 4.79. The van der Waals surface area contributed by atoms with Crippen molar-refractivity contribution in [2.24, 2.45) is 0 Å². The zero-order valence-electron chi connectivity index (χ0n) is 6.82. The monoisotopic (exact) mass is 139 g/mol. The fourth-order valence-corrected chi connectivity index (χ4v) is 2.53. The van der Waals surface area contributed by atoms with Crippen molar-refractivity contribution in [3.05, 3.63) is 0 Å². The van der Waals surface area contributed by atoms with Crippen LogP contribution in [0.5, 0.6) is 0 Å². The normalized spacial score (nSPS) is 47.1. The molecule has 10 heavy (non-hydrogen) atoms. The van der Waals surface area contributed by atoms with E-state index in [9.17, 15) is 0 Å². The lowest BCUT2D eigenvalue weighted by Gasteiger charge is -2.44. The highest BCUT2D eigenvalue weighted by Gasteiger charge is 2.33. The second-order valence-corrected chi connectivity index (χ2v) is 4.19. The Morgan fingerprint density at radius 1 is 1.20 bits per heavy atom. The van der Waals surface area contributed by atoms with Crippen molar-refractivity contribution in [1.29, 1.82) is 0 Å². The maximum Gasteiger partial charge on any atom is 0.0155 e. The van der Waals surface area contributed by atoms with Gasteiger partial charge in [-0.1, -0.05) is 12.8 Å². The van der Waals surface area contributed by atoms with Crippen LogP contribution in [0.3, 0.4) is 0 Å². The summed E-state index contributed by atoms with van der Waals surface area (Å²) in [4.78, 5) is 0. The highest BCUT2D eigenvalue weighted by atomic mass is 15.0. The molecular formula is C9H17N. The van der Waals surface area contributed by atoms with Crippen molar-refractivity contribution < 1.29 is 0 Å². The van der Waals surface area contributed by atoms with Gasteiger partial charge in [0.05, 0.1) is 0 Å². The Labute approximate surface area is 63.2 Å². The zero-order valence-corrected chi connectivity index (χ0v) is 6.82. The van der Waals surface area contributed by atoms with E-state index in [1.807, 2.05) is 0 Å². The first kappa shape index (κ1) is 6.66. The standard InChI is InChI=1S/C9H17N/c1-9-6-2-4-8(10-9)5-3-7-9/h8,10H,2-7H2,1H3. The molecule has 0 saturated carbocycles. The highest BCUT2D eigenvalue weighted by molar-refractivity contribution is 4.94. The Bertz CT molecular complexity index is 121. The number of hydrogen-bond donors (Lipinski definition) is 1. The van der Waals surface area contributed by atoms with Crippen molar-refractivity contribution in [3.63, 3.8) is 0 Å². The second kappa shape index (κ2) is 2.23. The molecule has 2 heterocycles. The fourth-order valence-electron chi connectivity index (χ4n) is 2.53. The van der Waals surface area contributed by atoms with Crippen LogP contribution in [0.2, 0.25) is 0 Å². The molecule has 1 N–H and O–H groups in total. The lowest BCUT2D eigenvalue weighted by Crippen LogP contribution is -2.54. The molecule has 1 nitrogen and oxygen atoms in total. The van der Waals surface area contributed by atoms with Crippen molar-refractivity contribution in [3.8, 4) is 0 Å². The average molecular weight is 139 g/mol. The minimum Gasteiger partial charge on any atom is -0.309 e. The highest BCUT2D eigenvalue weighted by Crippen LogP contribution is 2.32. The Morgan fingerprint density at radius 2 is 1.80 bits per heavy atom. The summed E-state index contributed by atoms with van der Waals surface area (Å²) in [5.74, 6) is 0. The van der Waals surface area contributed by atoms with Gasteiger partial charge in [0, 0.05) is 11.6 Å². The minimum atomic E-state index is 0.529. The van der Waals surface area contributed by atoms with Gasteiger partial charge in [-0.3, -0.25) is 0 Å². The molecule has 0 amide bonds. The molecule has 2 rings (SSSR count). The maximum atomic E-state index is 3.73. The van der Waals surface area contributed by atoms with E-state index in [1.165, 1.54) is 38.5 Å². The minimum absolute atomic E-state index is 0.529. The third-order valence-corrected chi connectivity index (χ3v) is 3.11. The Morgan fingerprint density at radius 3 is 2.20 bits per heavy atom. The van der Waals surface area contributed by atoms with Gasteiger partial charge >= 0.3 is 0 Å². The number of piperidine rings is 2. The smallest absolute Gasteiger partial charge is 0.0155 e. The lowest BCUT2D eigenvalue weighted by molar-refractivity contribution is 0.158. The summed E-state index contributed by atoms with van der Waals surface area (Å²) in [6.07, 6.45) is 8.57. The predicted octanol–water partition coefficient (Wildman–Crippen LogP) is 2.07. The van der Waals surface area contributed by atoms with E-state index in [4.69, 9.17) is 0 Å². The van der Waals surface area contributed by atoms with Crippen molar-refractivity contribution in [2.45, 2.75) is 57.0 Å². The van der Waals surface area contributed by atoms with Crippen LogP contribution in [-0.2, 0) is 0 Å². The Hall–Kier alpha value is -0.0400. The molecule has 58 valence electrons. The summed E-state index contributed by atoms with van der Waals surface area (Å²) in [5, 5.41) is 3.73. The summed E-state index contributed by atoms with van der Waals surface area (Å²) in [6.45, 7) is 2.39. The number of fused-ring (bicyclic) bond motifs is 2. The molecule has 0 aliphatic carbocycles. The third-order valence-electron chi connectivity index (χ3n) is 3.11. The number of rotatable bonds is 0. The molecule has 1 heteroatoms. The van der Waals surface area contributed by atoms with E-state index >= 15 is 0 Å². The molecule has 0 aromatic rings. The van der Waals surface area contributed by atoms with Crippen molar-refractivity contribution in [2.75, 3.05) is 0 Å². The summed E-state index contributed by atoms with van der Waals surface area (Å²) >= 11 is 0. The molecule has 0 unspecified atom stereocenters. The quantitative estimate of drug-likeness (QED) is 0.541. The van der Waals surface area contributed by atoms with Gasteiger partial charge in [0.1, 0.15) is 0 Å². The number of hydrogen-bond acceptors (Lipinski definition) is 1. The third kappa shape index (κ3) is 1.07. The van der Waals surface area contributed by atoms with Gasteiger partial charge in [0.25, 0.3) is 0 Å². The van der Waals surface area contributed by atoms with Crippen LogP contribution >= 0.6 is 0 Å². The molecule has 0 aromatic heterocycles. The van der Waals surface area contributed by atoms with Gasteiger partial charge in [0.15, 0.2) is 0 Å². The van der Waals surface area contributed by atoms with Crippen LogP contribution in [-0.4, -0.2) is 11.6 Å². The molecule has 2 aliphatic rings. The average Bonchev–Trinajstić information content (AvgIpc) is 1.86. The van der Waals surface area contributed by atoms with Gasteiger partial charge in [0.2, 0.25) is 0 Å². The fraction of sp³-hybridized carbons (Fsp3) is 1.00. The zero-order chi connectivity index (χ0) is 7.03. The second-order valence-electron chi connectivity index (χ2n) is 4.19. The summed E-state index contributed by atoms with van der Waals surface area (Å²) in [5.41, 5.74) is 0.529. The van der Waals surface area contributed by atoms with Gasteiger partial charge < -0.3 is 5.32 Å². The van der Waals surface area contributed by atoms with Gasteiger partial charge in [-0.05, 0) is 32.6 Å². The van der Waals surface area contributed by atoms with Crippen LogP contribution in [0.25, 0.3) is 0 Å². The van der Waals surface area contributed by atoms with E-state index in [0.29, 0.717) is 5.54 Å². The van der Waals surface area contributed by atoms with E-state index in [1.54, 1.807) is 0 Å². The first-order valence-electron chi connectivity index (χ1n) is 4.56. The van der Waals surface area contributed by atoms with Crippen LogP contribution in [0.1, 0.15) is 45.4 Å². The van der Waals surface area contributed by atoms with E-state index in [-0.39, 0.29) is 0 Å². The van der Waals surface area contributed by atoms with Gasteiger partial charge in [-0.2, -0.15) is 0 Å². The molecule has 0 atom stereocenters. The van der Waals surface area contributed by atoms with Crippen LogP contribution in [0.4, 0.5) is 0 Å². The molecule has 2 bridgehead atoms. The predicted molar refractivity (Wildman–Crippen MR) is 43.0 cm³/mol. The molecule has 0 spiro atoms. The molecule has 2 saturated heterocycles. The topological polar surface area (TPSA) is 12.0 Å². The van der Waals surface area contributed by atoms with E-state index in [0.717, 1.165) is 6.04 Å². The lowest BCUT2D eigenvalue weighted by atomic mass is 9.78. The summed E-state index contributed by atoms with van der Waals surface area (Å²) in [7, 11) is 0. The van der Waals surface area contributed by atoms with E-state index < -0.39 is 0 Å². The van der Waals surface area contributed by atoms with Crippen LogP contribution in [0, 0.1) is 0 Å². The van der Waals surface area contributed by atoms with Gasteiger partial charge in [-0.25, -0.2) is 0 Å². The molecular weight excluding hydrogens is 122 g/mol. The van der Waals surface area contributed by atoms with E-state index in [2.05, 4.69) is 12.2 Å². The molecule has 2 aliphatic heterocycles. The van der Waals surface area contributed by atoms with Crippen LogP contribution < -0.4 is 5.32 Å². The Kier molecular flexibility index (Phi) is 1.48. The maximum absolute atomic E-state index is 3.73. The SMILES string of the molecule is CC12CCCC(CCC1)N2. The summed E-state index contributed by atoms with van der Waals surface area (Å²) in [6, 6.07) is 0.868. The molecule has 0 aromatic carbocycles. The van der Waals surface area contributed by atoms with Crippen molar-refractivity contribution >= 4 is 0 Å². The Balaban J connectivity index is 2.07. The number of nitrogens with one attached hydrogen (secondary N) is 1. The molecule has 2 fully saturated rings. The molecule has 0 radical (unpaired) electrons. The largest absolute Gasteiger partial charge is 0.309 e. The van der Waals surface area contributed by atoms with Crippen molar-refractivity contribution in [1.82, 2.24) is 5.32 Å². The first-order valence-corrected chi connectivity index (χ1v) is 4.56. The summed E-state index contributed by atoms with van der Waals surface area (Å²) < 4.78 is 0. The van der Waals surface area contributed by atoms with Gasteiger partial charge in [-0.15, -0.1) is 0 Å². The van der Waals surface area contributed by atoms with Crippen LogP contribution in [0.15, 0.2) is 0 Å².